The molecule has 1 amide bonds. The molecule has 1 heterocycles. The number of aliphatic hydroxyl groups is 1. The highest BCUT2D eigenvalue weighted by molar-refractivity contribution is 6.30. The van der Waals surface area contributed by atoms with Gasteiger partial charge in [-0.3, -0.25) is 4.79 Å². The number of likely N-dealkylation sites (N-methyl/N-ethyl adjacent to an activating group) is 1. The lowest BCUT2D eigenvalue weighted by molar-refractivity contribution is 0.0731. The average Bonchev–Trinajstić information content (AvgIpc) is 2.86. The van der Waals surface area contributed by atoms with Crippen molar-refractivity contribution in [1.82, 2.24) is 14.7 Å². The second kappa shape index (κ2) is 6.74. The van der Waals surface area contributed by atoms with Crippen molar-refractivity contribution in [3.8, 4) is 5.69 Å². The molecule has 21 heavy (non-hydrogen) atoms. The van der Waals surface area contributed by atoms with Crippen LogP contribution in [0.5, 0.6) is 0 Å². The molecule has 0 saturated carbocycles. The molecule has 1 N–H and O–H groups in total. The zero-order chi connectivity index (χ0) is 15.4. The largest absolute Gasteiger partial charge is 0.395 e. The molecule has 5 nitrogen and oxygen atoms in total. The second-order valence-electron chi connectivity index (χ2n) is 4.66. The van der Waals surface area contributed by atoms with Crippen LogP contribution >= 0.6 is 11.6 Å². The lowest BCUT2D eigenvalue weighted by Gasteiger charge is -2.18. The van der Waals surface area contributed by atoms with Gasteiger partial charge in [0.2, 0.25) is 0 Å². The van der Waals surface area contributed by atoms with E-state index >= 15 is 0 Å². The van der Waals surface area contributed by atoms with Crippen molar-refractivity contribution in [2.45, 2.75) is 13.8 Å². The quantitative estimate of drug-likeness (QED) is 0.922. The molecule has 0 radical (unpaired) electrons. The smallest absolute Gasteiger partial charge is 0.257 e. The summed E-state index contributed by atoms with van der Waals surface area (Å²) in [5.41, 5.74) is 2.04. The highest BCUT2D eigenvalue weighted by Crippen LogP contribution is 2.16. The van der Waals surface area contributed by atoms with E-state index in [2.05, 4.69) is 5.10 Å². The minimum absolute atomic E-state index is 0.0516. The molecule has 0 atom stereocenters. The van der Waals surface area contributed by atoms with Gasteiger partial charge in [-0.15, -0.1) is 0 Å². The molecular formula is C15H18ClN3O2. The maximum atomic E-state index is 12.4. The molecule has 1 aromatic heterocycles. The molecular weight excluding hydrogens is 290 g/mol. The number of hydrogen-bond acceptors (Lipinski definition) is 3. The van der Waals surface area contributed by atoms with Crippen LogP contribution in [0.15, 0.2) is 30.5 Å². The summed E-state index contributed by atoms with van der Waals surface area (Å²) in [5.74, 6) is -0.121. The Balaban J connectivity index is 2.30. The lowest BCUT2D eigenvalue weighted by atomic mass is 10.2. The van der Waals surface area contributed by atoms with Crippen LogP contribution in [0.2, 0.25) is 5.02 Å². The molecule has 0 fully saturated rings. The first kappa shape index (κ1) is 15.5. The van der Waals surface area contributed by atoms with Gasteiger partial charge in [0.05, 0.1) is 23.6 Å². The third-order valence-electron chi connectivity index (χ3n) is 3.26. The predicted octanol–water partition coefficient (Wildman–Crippen LogP) is 2.29. The minimum atomic E-state index is -0.121. The third-order valence-corrected chi connectivity index (χ3v) is 3.51. The molecule has 0 bridgehead atoms. The SMILES string of the molecule is CCN(CCO)C(=O)c1cn(-c2ccc(Cl)cc2)nc1C. The molecule has 0 spiro atoms. The Morgan fingerprint density at radius 3 is 2.62 bits per heavy atom. The Labute approximate surface area is 128 Å². The van der Waals surface area contributed by atoms with Crippen LogP contribution < -0.4 is 0 Å². The first-order chi connectivity index (χ1) is 10.1. The molecule has 6 heteroatoms. The summed E-state index contributed by atoms with van der Waals surface area (Å²) in [5, 5.41) is 14.0. The summed E-state index contributed by atoms with van der Waals surface area (Å²) in [4.78, 5) is 14.0. The highest BCUT2D eigenvalue weighted by Gasteiger charge is 2.19. The molecule has 0 unspecified atom stereocenters. The van der Waals surface area contributed by atoms with Gasteiger partial charge in [-0.1, -0.05) is 11.6 Å². The summed E-state index contributed by atoms with van der Waals surface area (Å²) >= 11 is 5.87. The van der Waals surface area contributed by atoms with Crippen molar-refractivity contribution in [3.63, 3.8) is 0 Å². The number of halogens is 1. The van der Waals surface area contributed by atoms with Crippen LogP contribution in [0.4, 0.5) is 0 Å². The van der Waals surface area contributed by atoms with E-state index in [1.54, 1.807) is 34.8 Å². The zero-order valence-electron chi connectivity index (χ0n) is 12.1. The van der Waals surface area contributed by atoms with Gasteiger partial charge >= 0.3 is 0 Å². The van der Waals surface area contributed by atoms with E-state index in [9.17, 15) is 4.79 Å². The molecule has 2 rings (SSSR count). The standard InChI is InChI=1S/C15H18ClN3O2/c1-3-18(8-9-20)15(21)14-10-19(17-11(14)2)13-6-4-12(16)5-7-13/h4-7,10,20H,3,8-9H2,1-2H3. The van der Waals surface area contributed by atoms with Crippen molar-refractivity contribution in [2.24, 2.45) is 0 Å². The van der Waals surface area contributed by atoms with Crippen LogP contribution in [-0.4, -0.2) is 45.4 Å². The number of hydrogen-bond donors (Lipinski definition) is 1. The van der Waals surface area contributed by atoms with E-state index in [4.69, 9.17) is 16.7 Å². The normalized spacial score (nSPS) is 10.7. The van der Waals surface area contributed by atoms with E-state index in [1.807, 2.05) is 19.1 Å². The van der Waals surface area contributed by atoms with Crippen LogP contribution in [0.25, 0.3) is 5.69 Å². The monoisotopic (exact) mass is 307 g/mol. The molecule has 2 aromatic rings. The first-order valence-electron chi connectivity index (χ1n) is 6.79. The first-order valence-corrected chi connectivity index (χ1v) is 7.17. The van der Waals surface area contributed by atoms with Gasteiger partial charge < -0.3 is 10.0 Å². The minimum Gasteiger partial charge on any atom is -0.395 e. The number of aryl methyl sites for hydroxylation is 1. The van der Waals surface area contributed by atoms with Gasteiger partial charge in [0.15, 0.2) is 0 Å². The molecule has 1 aromatic carbocycles. The summed E-state index contributed by atoms with van der Waals surface area (Å²) < 4.78 is 1.66. The molecule has 0 aliphatic heterocycles. The maximum absolute atomic E-state index is 12.4. The van der Waals surface area contributed by atoms with Crippen LogP contribution in [0.1, 0.15) is 23.0 Å². The number of rotatable bonds is 5. The molecule has 0 saturated heterocycles. The second-order valence-corrected chi connectivity index (χ2v) is 5.09. The number of benzene rings is 1. The molecule has 0 aliphatic rings. The van der Waals surface area contributed by atoms with Crippen molar-refractivity contribution in [2.75, 3.05) is 19.7 Å². The predicted molar refractivity (Wildman–Crippen MR) is 82.0 cm³/mol. The average molecular weight is 308 g/mol. The summed E-state index contributed by atoms with van der Waals surface area (Å²) in [7, 11) is 0. The van der Waals surface area contributed by atoms with Crippen LogP contribution in [0.3, 0.4) is 0 Å². The lowest BCUT2D eigenvalue weighted by Crippen LogP contribution is -2.33. The van der Waals surface area contributed by atoms with E-state index in [-0.39, 0.29) is 12.5 Å². The number of nitrogens with zero attached hydrogens (tertiary/aromatic N) is 3. The number of aromatic nitrogens is 2. The molecule has 0 aliphatic carbocycles. The number of carbonyl (C=O) groups excluding carboxylic acids is 1. The van der Waals surface area contributed by atoms with Crippen molar-refractivity contribution in [1.29, 1.82) is 0 Å². The number of aliphatic hydroxyl groups excluding tert-OH is 1. The van der Waals surface area contributed by atoms with E-state index in [0.717, 1.165) is 5.69 Å². The highest BCUT2D eigenvalue weighted by atomic mass is 35.5. The van der Waals surface area contributed by atoms with Gasteiger partial charge in [-0.2, -0.15) is 5.10 Å². The van der Waals surface area contributed by atoms with Crippen molar-refractivity contribution >= 4 is 17.5 Å². The van der Waals surface area contributed by atoms with E-state index in [1.165, 1.54) is 0 Å². The Bertz CT molecular complexity index is 622. The van der Waals surface area contributed by atoms with Gasteiger partial charge in [0.1, 0.15) is 0 Å². The van der Waals surface area contributed by atoms with Crippen LogP contribution in [-0.2, 0) is 0 Å². The molecule has 112 valence electrons. The topological polar surface area (TPSA) is 58.4 Å². The number of amides is 1. The Morgan fingerprint density at radius 2 is 2.05 bits per heavy atom. The van der Waals surface area contributed by atoms with Crippen molar-refractivity contribution < 1.29 is 9.90 Å². The van der Waals surface area contributed by atoms with E-state index in [0.29, 0.717) is 29.4 Å². The number of carbonyl (C=O) groups is 1. The summed E-state index contributed by atoms with van der Waals surface area (Å²) in [6.07, 6.45) is 1.71. The zero-order valence-corrected chi connectivity index (χ0v) is 12.8. The summed E-state index contributed by atoms with van der Waals surface area (Å²) in [6.45, 7) is 4.49. The Kier molecular flexibility index (Phi) is 4.98. The van der Waals surface area contributed by atoms with E-state index < -0.39 is 0 Å². The van der Waals surface area contributed by atoms with Gasteiger partial charge in [0.25, 0.3) is 5.91 Å². The van der Waals surface area contributed by atoms with Gasteiger partial charge in [-0.05, 0) is 38.1 Å². The Morgan fingerprint density at radius 1 is 1.38 bits per heavy atom. The fraction of sp³-hybridized carbons (Fsp3) is 0.333. The van der Waals surface area contributed by atoms with Gasteiger partial charge in [0, 0.05) is 24.3 Å². The fourth-order valence-electron chi connectivity index (χ4n) is 2.09. The van der Waals surface area contributed by atoms with Gasteiger partial charge in [-0.25, -0.2) is 4.68 Å². The Hall–Kier alpha value is -1.85. The van der Waals surface area contributed by atoms with Crippen molar-refractivity contribution in [3.05, 3.63) is 46.7 Å². The third kappa shape index (κ3) is 3.43. The summed E-state index contributed by atoms with van der Waals surface area (Å²) in [6, 6.07) is 7.24. The fourth-order valence-corrected chi connectivity index (χ4v) is 2.22. The maximum Gasteiger partial charge on any atom is 0.257 e. The van der Waals surface area contributed by atoms with Crippen LogP contribution in [0, 0.1) is 6.92 Å².